The third-order valence-corrected chi connectivity index (χ3v) is 3.86. The van der Waals surface area contributed by atoms with E-state index in [1.165, 1.54) is 4.31 Å². The third-order valence-electron chi connectivity index (χ3n) is 2.38. The molecule has 0 saturated carbocycles. The molecule has 90 valence electrons. The minimum absolute atomic E-state index is 0.0249. The number of hydrogen-bond acceptors (Lipinski definition) is 5. The van der Waals surface area contributed by atoms with Crippen molar-refractivity contribution in [1.29, 1.82) is 0 Å². The van der Waals surface area contributed by atoms with E-state index in [1.807, 2.05) is 0 Å². The van der Waals surface area contributed by atoms with Crippen LogP contribution in [0.2, 0.25) is 0 Å². The second kappa shape index (κ2) is 4.26. The van der Waals surface area contributed by atoms with Gasteiger partial charge in [-0.15, -0.1) is 5.10 Å². The SMILES string of the molecule is Nc1nc(NS(=O)(=O)N2CCCCC2)n[nH]1. The molecule has 0 spiro atoms. The summed E-state index contributed by atoms with van der Waals surface area (Å²) in [6.45, 7) is 1.07. The smallest absolute Gasteiger partial charge is 0.304 e. The predicted molar refractivity (Wildman–Crippen MR) is 58.8 cm³/mol. The standard InChI is InChI=1S/C7H14N6O2S/c8-6-9-7(11-10-6)12-16(14,15)13-4-2-1-3-5-13/h1-5H2,(H4,8,9,10,11,12). The fourth-order valence-corrected chi connectivity index (χ4v) is 2.80. The molecule has 2 heterocycles. The fourth-order valence-electron chi connectivity index (χ4n) is 1.61. The van der Waals surface area contributed by atoms with E-state index in [0.29, 0.717) is 13.1 Å². The monoisotopic (exact) mass is 246 g/mol. The molecule has 0 radical (unpaired) electrons. The first-order chi connectivity index (χ1) is 7.58. The Hall–Kier alpha value is -1.35. The van der Waals surface area contributed by atoms with E-state index in [4.69, 9.17) is 5.73 Å². The molecule has 1 aliphatic heterocycles. The molecule has 4 N–H and O–H groups in total. The zero-order valence-corrected chi connectivity index (χ0v) is 9.50. The molecule has 9 heteroatoms. The molecule has 0 aliphatic carbocycles. The van der Waals surface area contributed by atoms with E-state index in [1.54, 1.807) is 0 Å². The van der Waals surface area contributed by atoms with Gasteiger partial charge in [-0.25, -0.2) is 9.82 Å². The molecule has 2 rings (SSSR count). The fraction of sp³-hybridized carbons (Fsp3) is 0.714. The number of nitrogens with one attached hydrogen (secondary N) is 2. The van der Waals surface area contributed by atoms with Crippen LogP contribution in [0.25, 0.3) is 0 Å². The minimum atomic E-state index is -3.54. The number of aromatic amines is 1. The topological polar surface area (TPSA) is 117 Å². The Balaban J connectivity index is 2.07. The molecule has 1 aromatic rings. The van der Waals surface area contributed by atoms with Crippen molar-refractivity contribution < 1.29 is 8.42 Å². The van der Waals surface area contributed by atoms with Crippen LogP contribution in [0.4, 0.5) is 11.9 Å². The Labute approximate surface area is 93.4 Å². The highest BCUT2D eigenvalue weighted by molar-refractivity contribution is 7.90. The first-order valence-electron chi connectivity index (χ1n) is 5.04. The van der Waals surface area contributed by atoms with Gasteiger partial charge < -0.3 is 5.73 Å². The first-order valence-corrected chi connectivity index (χ1v) is 6.48. The highest BCUT2D eigenvalue weighted by Crippen LogP contribution is 2.14. The van der Waals surface area contributed by atoms with Gasteiger partial charge in [-0.1, -0.05) is 6.42 Å². The van der Waals surface area contributed by atoms with Crippen LogP contribution in [0.15, 0.2) is 0 Å². The third kappa shape index (κ3) is 2.42. The first kappa shape index (κ1) is 11.1. The summed E-state index contributed by atoms with van der Waals surface area (Å²) in [4.78, 5) is 3.68. The van der Waals surface area contributed by atoms with Crippen molar-refractivity contribution in [3.05, 3.63) is 0 Å². The molecular weight excluding hydrogens is 232 g/mol. The molecule has 1 fully saturated rings. The molecule has 1 saturated heterocycles. The highest BCUT2D eigenvalue weighted by Gasteiger charge is 2.24. The molecular formula is C7H14N6O2S. The minimum Gasteiger partial charge on any atom is -0.368 e. The van der Waals surface area contributed by atoms with Gasteiger partial charge in [0.05, 0.1) is 0 Å². The van der Waals surface area contributed by atoms with Crippen LogP contribution < -0.4 is 10.5 Å². The molecule has 0 unspecified atom stereocenters. The summed E-state index contributed by atoms with van der Waals surface area (Å²) in [6, 6.07) is 0. The molecule has 1 aliphatic rings. The summed E-state index contributed by atoms with van der Waals surface area (Å²) in [5, 5.41) is 5.98. The molecule has 8 nitrogen and oxygen atoms in total. The van der Waals surface area contributed by atoms with Gasteiger partial charge in [-0.2, -0.15) is 17.7 Å². The van der Waals surface area contributed by atoms with E-state index >= 15 is 0 Å². The largest absolute Gasteiger partial charge is 0.368 e. The van der Waals surface area contributed by atoms with Crippen molar-refractivity contribution in [3.8, 4) is 0 Å². The zero-order chi connectivity index (χ0) is 11.6. The normalized spacial score (nSPS) is 18.5. The number of nitrogens with zero attached hydrogens (tertiary/aromatic N) is 3. The Kier molecular flexibility index (Phi) is 2.97. The molecule has 0 bridgehead atoms. The number of piperidine rings is 1. The van der Waals surface area contributed by atoms with Crippen LogP contribution >= 0.6 is 0 Å². The summed E-state index contributed by atoms with van der Waals surface area (Å²) in [7, 11) is -3.54. The average Bonchev–Trinajstić information content (AvgIpc) is 2.64. The quantitative estimate of drug-likeness (QED) is 0.666. The van der Waals surface area contributed by atoms with Crippen molar-refractivity contribution >= 4 is 22.1 Å². The van der Waals surface area contributed by atoms with E-state index in [9.17, 15) is 8.42 Å². The molecule has 0 atom stereocenters. The molecule has 0 amide bonds. The second-order valence-electron chi connectivity index (χ2n) is 3.61. The van der Waals surface area contributed by atoms with Crippen molar-refractivity contribution in [3.63, 3.8) is 0 Å². The lowest BCUT2D eigenvalue weighted by atomic mass is 10.2. The summed E-state index contributed by atoms with van der Waals surface area (Å²) in [5.74, 6) is 0.0550. The van der Waals surface area contributed by atoms with Gasteiger partial charge >= 0.3 is 10.2 Å². The Morgan fingerprint density at radius 3 is 2.56 bits per heavy atom. The van der Waals surface area contributed by atoms with Crippen LogP contribution in [0.3, 0.4) is 0 Å². The van der Waals surface area contributed by atoms with Crippen molar-refractivity contribution in [2.24, 2.45) is 0 Å². The van der Waals surface area contributed by atoms with Crippen LogP contribution in [0.5, 0.6) is 0 Å². The van der Waals surface area contributed by atoms with Gasteiger partial charge in [0.25, 0.3) is 5.95 Å². The predicted octanol–water partition coefficient (Wildman–Crippen LogP) is -0.471. The maximum Gasteiger partial charge on any atom is 0.304 e. The Morgan fingerprint density at radius 2 is 2.00 bits per heavy atom. The number of rotatable bonds is 3. The summed E-state index contributed by atoms with van der Waals surface area (Å²) < 4.78 is 27.4. The summed E-state index contributed by atoms with van der Waals surface area (Å²) in [5.41, 5.74) is 5.30. The maximum absolute atomic E-state index is 11.8. The van der Waals surface area contributed by atoms with Crippen LogP contribution in [-0.2, 0) is 10.2 Å². The summed E-state index contributed by atoms with van der Waals surface area (Å²) in [6.07, 6.45) is 2.84. The Morgan fingerprint density at radius 1 is 1.31 bits per heavy atom. The van der Waals surface area contributed by atoms with E-state index in [2.05, 4.69) is 19.9 Å². The van der Waals surface area contributed by atoms with Gasteiger partial charge in [0.15, 0.2) is 0 Å². The number of nitrogens with two attached hydrogens (primary N) is 1. The van der Waals surface area contributed by atoms with Gasteiger partial charge in [-0.05, 0) is 12.8 Å². The lowest BCUT2D eigenvalue weighted by molar-refractivity contribution is 0.349. The van der Waals surface area contributed by atoms with Crippen LogP contribution in [-0.4, -0.2) is 41.0 Å². The molecule has 16 heavy (non-hydrogen) atoms. The second-order valence-corrected chi connectivity index (χ2v) is 5.28. The number of nitrogen functional groups attached to an aromatic ring is 1. The maximum atomic E-state index is 11.8. The van der Waals surface area contributed by atoms with E-state index in [0.717, 1.165) is 19.3 Å². The number of anilines is 2. The van der Waals surface area contributed by atoms with E-state index in [-0.39, 0.29) is 11.9 Å². The van der Waals surface area contributed by atoms with Gasteiger partial charge in [0, 0.05) is 13.1 Å². The lowest BCUT2D eigenvalue weighted by Gasteiger charge is -2.25. The number of H-pyrrole nitrogens is 1. The van der Waals surface area contributed by atoms with Crippen molar-refractivity contribution in [2.45, 2.75) is 19.3 Å². The average molecular weight is 246 g/mol. The van der Waals surface area contributed by atoms with E-state index < -0.39 is 10.2 Å². The summed E-state index contributed by atoms with van der Waals surface area (Å²) >= 11 is 0. The van der Waals surface area contributed by atoms with Crippen LogP contribution in [0, 0.1) is 0 Å². The zero-order valence-electron chi connectivity index (χ0n) is 8.68. The van der Waals surface area contributed by atoms with Crippen LogP contribution in [0.1, 0.15) is 19.3 Å². The van der Waals surface area contributed by atoms with Gasteiger partial charge in [-0.3, -0.25) is 0 Å². The van der Waals surface area contributed by atoms with Crippen molar-refractivity contribution in [1.82, 2.24) is 19.5 Å². The lowest BCUT2D eigenvalue weighted by Crippen LogP contribution is -2.39. The van der Waals surface area contributed by atoms with Gasteiger partial charge in [0.2, 0.25) is 5.95 Å². The Bertz CT molecular complexity index is 449. The number of hydrogen-bond donors (Lipinski definition) is 3. The highest BCUT2D eigenvalue weighted by atomic mass is 32.2. The number of aromatic nitrogens is 3. The van der Waals surface area contributed by atoms with Gasteiger partial charge in [0.1, 0.15) is 0 Å². The van der Waals surface area contributed by atoms with Crippen molar-refractivity contribution in [2.75, 3.05) is 23.5 Å². The molecule has 1 aromatic heterocycles. The molecule has 0 aromatic carbocycles.